The van der Waals surface area contributed by atoms with Crippen molar-refractivity contribution in [2.24, 2.45) is 0 Å². The summed E-state index contributed by atoms with van der Waals surface area (Å²) in [5.74, 6) is 0. The summed E-state index contributed by atoms with van der Waals surface area (Å²) in [5, 5.41) is 0. The molecule has 2 rings (SSSR count). The normalized spacial score (nSPS) is 14.3. The molecule has 62 valence electrons. The zero-order valence-electron chi connectivity index (χ0n) is 7.10. The van der Waals surface area contributed by atoms with Crippen LogP contribution >= 0.6 is 15.9 Å². The number of hydrogen-bond donors (Lipinski definition) is 0. The van der Waals surface area contributed by atoms with Crippen molar-refractivity contribution in [1.82, 2.24) is 0 Å². The Morgan fingerprint density at radius 3 is 3.00 bits per heavy atom. The third-order valence-electron chi connectivity index (χ3n) is 2.36. The van der Waals surface area contributed by atoms with Crippen LogP contribution in [0, 0.1) is 0 Å². The van der Waals surface area contributed by atoms with Crippen molar-refractivity contribution in [2.75, 3.05) is 0 Å². The second kappa shape index (κ2) is 3.06. The molecule has 0 N–H and O–H groups in total. The Kier molecular flexibility index (Phi) is 2.05. The molecule has 1 aromatic rings. The Labute approximate surface area is 81.4 Å². The van der Waals surface area contributed by atoms with E-state index in [1.807, 2.05) is 0 Å². The number of benzene rings is 1. The van der Waals surface area contributed by atoms with Gasteiger partial charge in [-0.05, 0) is 41.7 Å². The maximum absolute atomic E-state index is 3.48. The monoisotopic (exact) mass is 222 g/mol. The quantitative estimate of drug-likeness (QED) is 0.679. The van der Waals surface area contributed by atoms with E-state index in [0.29, 0.717) is 0 Å². The minimum absolute atomic E-state index is 1.11. The Bertz CT molecular complexity index is 337. The molecule has 0 nitrogen and oxygen atoms in total. The molecule has 0 heterocycles. The van der Waals surface area contributed by atoms with Crippen LogP contribution in [0.2, 0.25) is 0 Å². The van der Waals surface area contributed by atoms with Crippen molar-refractivity contribution in [3.8, 4) is 0 Å². The van der Waals surface area contributed by atoms with Crippen LogP contribution in [-0.2, 0) is 6.42 Å². The smallest absolute Gasteiger partial charge is 0.0178 e. The fourth-order valence-electron chi connectivity index (χ4n) is 1.72. The first-order valence-corrected chi connectivity index (χ1v) is 5.08. The lowest BCUT2D eigenvalue weighted by molar-refractivity contribution is 1.25. The summed E-state index contributed by atoms with van der Waals surface area (Å²) in [6, 6.07) is 6.55. The fraction of sp³-hybridized carbons (Fsp3) is 0.273. The lowest BCUT2D eigenvalue weighted by Crippen LogP contribution is -1.83. The van der Waals surface area contributed by atoms with Gasteiger partial charge in [0, 0.05) is 4.47 Å². The van der Waals surface area contributed by atoms with Crippen LogP contribution in [0.3, 0.4) is 0 Å². The Morgan fingerprint density at radius 1 is 1.42 bits per heavy atom. The zero-order chi connectivity index (χ0) is 8.55. The molecule has 0 saturated carbocycles. The van der Waals surface area contributed by atoms with Crippen LogP contribution < -0.4 is 0 Å². The van der Waals surface area contributed by atoms with Gasteiger partial charge in [0.15, 0.2) is 0 Å². The van der Waals surface area contributed by atoms with E-state index in [1.165, 1.54) is 21.2 Å². The van der Waals surface area contributed by atoms with Crippen molar-refractivity contribution in [1.29, 1.82) is 0 Å². The molecule has 0 atom stereocenters. The molecular weight excluding hydrogens is 212 g/mol. The van der Waals surface area contributed by atoms with Crippen LogP contribution in [-0.4, -0.2) is 0 Å². The maximum atomic E-state index is 3.48. The van der Waals surface area contributed by atoms with Crippen molar-refractivity contribution >= 4 is 21.5 Å². The predicted octanol–water partition coefficient (Wildman–Crippen LogP) is 3.80. The van der Waals surface area contributed by atoms with E-state index in [4.69, 9.17) is 0 Å². The number of fused-ring (bicyclic) bond motifs is 1. The van der Waals surface area contributed by atoms with Crippen LogP contribution in [0.15, 0.2) is 28.7 Å². The van der Waals surface area contributed by atoms with Gasteiger partial charge in [0.25, 0.3) is 0 Å². The fourth-order valence-corrected chi connectivity index (χ4v) is 2.13. The van der Waals surface area contributed by atoms with Crippen molar-refractivity contribution in [3.63, 3.8) is 0 Å². The molecule has 1 aliphatic carbocycles. The molecule has 0 saturated heterocycles. The SMILES string of the molecule is CCC1=CCc2cc(Br)ccc21. The summed E-state index contributed by atoms with van der Waals surface area (Å²) < 4.78 is 1.19. The summed E-state index contributed by atoms with van der Waals surface area (Å²) in [5.41, 5.74) is 4.40. The molecule has 0 amide bonds. The molecule has 1 aromatic carbocycles. The van der Waals surface area contributed by atoms with Crippen molar-refractivity contribution in [3.05, 3.63) is 39.9 Å². The molecule has 0 spiro atoms. The van der Waals surface area contributed by atoms with Gasteiger partial charge in [0.05, 0.1) is 0 Å². The first-order valence-electron chi connectivity index (χ1n) is 4.29. The molecule has 0 aromatic heterocycles. The van der Waals surface area contributed by atoms with Crippen LogP contribution in [0.1, 0.15) is 24.5 Å². The molecular formula is C11H11Br. The first kappa shape index (κ1) is 8.06. The molecule has 0 bridgehead atoms. The van der Waals surface area contributed by atoms with Gasteiger partial charge in [0.2, 0.25) is 0 Å². The van der Waals surface area contributed by atoms with Crippen LogP contribution in [0.4, 0.5) is 0 Å². The molecule has 12 heavy (non-hydrogen) atoms. The predicted molar refractivity (Wildman–Crippen MR) is 56.1 cm³/mol. The van der Waals surface area contributed by atoms with E-state index in [0.717, 1.165) is 12.8 Å². The van der Waals surface area contributed by atoms with E-state index >= 15 is 0 Å². The van der Waals surface area contributed by atoms with Crippen LogP contribution in [0.25, 0.3) is 5.57 Å². The average Bonchev–Trinajstić information content (AvgIpc) is 2.46. The summed E-state index contributed by atoms with van der Waals surface area (Å²) in [4.78, 5) is 0. The Morgan fingerprint density at radius 2 is 2.25 bits per heavy atom. The van der Waals surface area contributed by atoms with Crippen molar-refractivity contribution in [2.45, 2.75) is 19.8 Å². The van der Waals surface area contributed by atoms with Gasteiger partial charge in [-0.1, -0.05) is 35.0 Å². The summed E-state index contributed by atoms with van der Waals surface area (Å²) >= 11 is 3.48. The second-order valence-electron chi connectivity index (χ2n) is 3.09. The van der Waals surface area contributed by atoms with Gasteiger partial charge in [0.1, 0.15) is 0 Å². The highest BCUT2D eigenvalue weighted by molar-refractivity contribution is 9.10. The molecule has 0 fully saturated rings. The highest BCUT2D eigenvalue weighted by Gasteiger charge is 2.11. The topological polar surface area (TPSA) is 0 Å². The molecule has 0 aliphatic heterocycles. The van der Waals surface area contributed by atoms with Crippen molar-refractivity contribution < 1.29 is 0 Å². The van der Waals surface area contributed by atoms with Gasteiger partial charge < -0.3 is 0 Å². The maximum Gasteiger partial charge on any atom is 0.0178 e. The molecule has 1 heteroatoms. The van der Waals surface area contributed by atoms with Gasteiger partial charge >= 0.3 is 0 Å². The number of allylic oxidation sites excluding steroid dienone is 2. The largest absolute Gasteiger partial charge is 0.0763 e. The summed E-state index contributed by atoms with van der Waals surface area (Å²) in [7, 11) is 0. The average molecular weight is 223 g/mol. The molecule has 0 unspecified atom stereocenters. The Balaban J connectivity index is 2.47. The van der Waals surface area contributed by atoms with E-state index < -0.39 is 0 Å². The lowest BCUT2D eigenvalue weighted by Gasteiger charge is -2.02. The lowest BCUT2D eigenvalue weighted by atomic mass is 10.0. The molecule has 1 aliphatic rings. The first-order chi connectivity index (χ1) is 5.81. The Hall–Kier alpha value is -0.560. The second-order valence-corrected chi connectivity index (χ2v) is 4.00. The third-order valence-corrected chi connectivity index (χ3v) is 2.86. The van der Waals surface area contributed by atoms with Gasteiger partial charge in [-0.25, -0.2) is 0 Å². The molecule has 0 radical (unpaired) electrons. The highest BCUT2D eigenvalue weighted by atomic mass is 79.9. The van der Waals surface area contributed by atoms with E-state index in [1.54, 1.807) is 0 Å². The summed E-state index contributed by atoms with van der Waals surface area (Å²) in [6.07, 6.45) is 4.59. The standard InChI is InChI=1S/C11H11Br/c1-2-8-3-4-9-7-10(12)5-6-11(8)9/h3,5-7H,2,4H2,1H3. The van der Waals surface area contributed by atoms with E-state index in [-0.39, 0.29) is 0 Å². The minimum atomic E-state index is 1.11. The zero-order valence-corrected chi connectivity index (χ0v) is 8.69. The third kappa shape index (κ3) is 1.22. The van der Waals surface area contributed by atoms with Gasteiger partial charge in [-0.2, -0.15) is 0 Å². The number of halogens is 1. The van der Waals surface area contributed by atoms with E-state index in [9.17, 15) is 0 Å². The van der Waals surface area contributed by atoms with Gasteiger partial charge in [-0.3, -0.25) is 0 Å². The minimum Gasteiger partial charge on any atom is -0.0763 e. The van der Waals surface area contributed by atoms with Crippen LogP contribution in [0.5, 0.6) is 0 Å². The number of hydrogen-bond acceptors (Lipinski definition) is 0. The number of rotatable bonds is 1. The summed E-state index contributed by atoms with van der Waals surface area (Å²) in [6.45, 7) is 2.21. The van der Waals surface area contributed by atoms with Gasteiger partial charge in [-0.15, -0.1) is 0 Å². The highest BCUT2D eigenvalue weighted by Crippen LogP contribution is 2.31. The van der Waals surface area contributed by atoms with E-state index in [2.05, 4.69) is 47.1 Å².